The molecule has 0 aromatic rings. The lowest BCUT2D eigenvalue weighted by Gasteiger charge is -1.93. The molecular weight excluding hydrogens is 124 g/mol. The highest BCUT2D eigenvalue weighted by molar-refractivity contribution is 5.71. The molecule has 0 bridgehead atoms. The van der Waals surface area contributed by atoms with Crippen LogP contribution in [0.1, 0.15) is 6.92 Å². The molecule has 0 saturated heterocycles. The Bertz CT molecular complexity index is 187. The van der Waals surface area contributed by atoms with Gasteiger partial charge in [-0.05, 0) is 12.5 Å². The fourth-order valence-electron chi connectivity index (χ4n) is 0.339. The van der Waals surface area contributed by atoms with Crippen molar-refractivity contribution < 1.29 is 0 Å². The van der Waals surface area contributed by atoms with E-state index in [-0.39, 0.29) is 0 Å². The molecule has 0 aromatic carbocycles. The average Bonchev–Trinajstić information content (AvgIpc) is 1.98. The Morgan fingerprint density at radius 1 is 1.50 bits per heavy atom. The van der Waals surface area contributed by atoms with E-state index < -0.39 is 0 Å². The Kier molecular flexibility index (Phi) is 3.96. The van der Waals surface area contributed by atoms with E-state index in [1.165, 1.54) is 0 Å². The van der Waals surface area contributed by atoms with Crippen LogP contribution in [0, 0.1) is 0 Å². The highest BCUT2D eigenvalue weighted by Gasteiger charge is 1.86. The average molecular weight is 136 g/mol. The monoisotopic (exact) mass is 136 g/mol. The van der Waals surface area contributed by atoms with Gasteiger partial charge in [0, 0.05) is 6.21 Å². The van der Waals surface area contributed by atoms with E-state index in [1.54, 1.807) is 18.4 Å². The standard InChI is InChI=1S/C8H12N2/c1-4-6-10-8(9)7(3)5-2/h4-6H,1-2,9H2,3H3/b8-7+,10-6?. The van der Waals surface area contributed by atoms with Crippen LogP contribution < -0.4 is 5.73 Å². The number of nitrogens with two attached hydrogens (primary N) is 1. The second-order valence-electron chi connectivity index (χ2n) is 1.79. The molecule has 0 heterocycles. The van der Waals surface area contributed by atoms with E-state index in [2.05, 4.69) is 18.2 Å². The van der Waals surface area contributed by atoms with Crippen LogP contribution in [0.4, 0.5) is 0 Å². The Labute approximate surface area is 61.5 Å². The van der Waals surface area contributed by atoms with E-state index in [4.69, 9.17) is 5.73 Å². The second kappa shape index (κ2) is 4.56. The molecule has 10 heavy (non-hydrogen) atoms. The predicted octanol–water partition coefficient (Wildman–Crippen LogP) is 1.62. The smallest absolute Gasteiger partial charge is 0.126 e. The molecule has 0 aliphatic rings. The first-order chi connectivity index (χ1) is 4.72. The number of hydrogen-bond donors (Lipinski definition) is 1. The molecule has 2 N–H and O–H groups in total. The van der Waals surface area contributed by atoms with Gasteiger partial charge in [-0.15, -0.1) is 0 Å². The molecule has 0 rings (SSSR count). The lowest BCUT2D eigenvalue weighted by Crippen LogP contribution is -1.95. The van der Waals surface area contributed by atoms with Crippen molar-refractivity contribution in [3.05, 3.63) is 36.7 Å². The number of allylic oxidation sites excluding steroid dienone is 3. The molecule has 2 heteroatoms. The molecule has 0 unspecified atom stereocenters. The summed E-state index contributed by atoms with van der Waals surface area (Å²) < 4.78 is 0. The van der Waals surface area contributed by atoms with E-state index in [0.29, 0.717) is 5.82 Å². The van der Waals surface area contributed by atoms with Gasteiger partial charge < -0.3 is 5.73 Å². The van der Waals surface area contributed by atoms with E-state index >= 15 is 0 Å². The Morgan fingerprint density at radius 2 is 2.10 bits per heavy atom. The van der Waals surface area contributed by atoms with Gasteiger partial charge in [0.1, 0.15) is 5.82 Å². The van der Waals surface area contributed by atoms with E-state index in [9.17, 15) is 0 Å². The number of rotatable bonds is 3. The normalized spacial score (nSPS) is 12.9. The van der Waals surface area contributed by atoms with Crippen molar-refractivity contribution in [1.29, 1.82) is 0 Å². The first-order valence-electron chi connectivity index (χ1n) is 2.96. The predicted molar refractivity (Wildman–Crippen MR) is 45.8 cm³/mol. The lowest BCUT2D eigenvalue weighted by molar-refractivity contribution is 1.19. The maximum Gasteiger partial charge on any atom is 0.126 e. The van der Waals surface area contributed by atoms with Crippen LogP contribution in [0.2, 0.25) is 0 Å². The summed E-state index contributed by atoms with van der Waals surface area (Å²) in [5.74, 6) is 0.481. The summed E-state index contributed by atoms with van der Waals surface area (Å²) in [6.45, 7) is 8.87. The van der Waals surface area contributed by atoms with Gasteiger partial charge in [-0.1, -0.05) is 25.3 Å². The number of aliphatic imine (C=N–C) groups is 1. The molecule has 54 valence electrons. The van der Waals surface area contributed by atoms with Crippen molar-refractivity contribution in [1.82, 2.24) is 0 Å². The summed E-state index contributed by atoms with van der Waals surface area (Å²) in [5.41, 5.74) is 6.35. The summed E-state index contributed by atoms with van der Waals surface area (Å²) in [4.78, 5) is 3.86. The highest BCUT2D eigenvalue weighted by atomic mass is 14.9. The summed E-state index contributed by atoms with van der Waals surface area (Å²) in [6.07, 6.45) is 4.78. The van der Waals surface area contributed by atoms with Gasteiger partial charge in [-0.25, -0.2) is 4.99 Å². The van der Waals surface area contributed by atoms with Crippen LogP contribution in [0.25, 0.3) is 0 Å². The van der Waals surface area contributed by atoms with Crippen LogP contribution in [-0.4, -0.2) is 6.21 Å². The summed E-state index contributed by atoms with van der Waals surface area (Å²) in [6, 6.07) is 0. The zero-order valence-corrected chi connectivity index (χ0v) is 6.17. The highest BCUT2D eigenvalue weighted by Crippen LogP contribution is 1.98. The summed E-state index contributed by atoms with van der Waals surface area (Å²) >= 11 is 0. The zero-order valence-electron chi connectivity index (χ0n) is 6.17. The Balaban J connectivity index is 4.31. The summed E-state index contributed by atoms with van der Waals surface area (Å²) in [5, 5.41) is 0. The molecule has 0 spiro atoms. The first-order valence-corrected chi connectivity index (χ1v) is 2.96. The minimum absolute atomic E-state index is 0.481. The van der Waals surface area contributed by atoms with Crippen molar-refractivity contribution in [3.8, 4) is 0 Å². The van der Waals surface area contributed by atoms with Gasteiger partial charge in [-0.2, -0.15) is 0 Å². The van der Waals surface area contributed by atoms with Crippen LogP contribution in [0.5, 0.6) is 0 Å². The minimum Gasteiger partial charge on any atom is -0.383 e. The largest absolute Gasteiger partial charge is 0.383 e. The van der Waals surface area contributed by atoms with E-state index in [1.807, 2.05) is 6.92 Å². The molecule has 0 aliphatic heterocycles. The number of hydrogen-bond acceptors (Lipinski definition) is 2. The topological polar surface area (TPSA) is 38.4 Å². The molecule has 0 saturated carbocycles. The van der Waals surface area contributed by atoms with Crippen LogP contribution in [0.3, 0.4) is 0 Å². The van der Waals surface area contributed by atoms with Crippen molar-refractivity contribution >= 4 is 6.21 Å². The van der Waals surface area contributed by atoms with Gasteiger partial charge in [-0.3, -0.25) is 0 Å². The lowest BCUT2D eigenvalue weighted by atomic mass is 10.3. The van der Waals surface area contributed by atoms with Crippen molar-refractivity contribution in [2.75, 3.05) is 0 Å². The van der Waals surface area contributed by atoms with Crippen molar-refractivity contribution in [2.45, 2.75) is 6.92 Å². The molecule has 0 atom stereocenters. The SMILES string of the molecule is C=CC=N/C(N)=C(\C)C=C. The first kappa shape index (κ1) is 8.69. The zero-order chi connectivity index (χ0) is 7.98. The molecule has 0 aliphatic carbocycles. The molecule has 0 radical (unpaired) electrons. The van der Waals surface area contributed by atoms with Gasteiger partial charge in [0.2, 0.25) is 0 Å². The number of nitrogens with zero attached hydrogens (tertiary/aromatic N) is 1. The van der Waals surface area contributed by atoms with Gasteiger partial charge in [0.05, 0.1) is 0 Å². The van der Waals surface area contributed by atoms with Crippen molar-refractivity contribution in [3.63, 3.8) is 0 Å². The summed E-state index contributed by atoms with van der Waals surface area (Å²) in [7, 11) is 0. The Morgan fingerprint density at radius 3 is 2.50 bits per heavy atom. The molecule has 0 aromatic heterocycles. The van der Waals surface area contributed by atoms with Gasteiger partial charge in [0.15, 0.2) is 0 Å². The minimum atomic E-state index is 0.481. The third-order valence-corrected chi connectivity index (χ3v) is 1.03. The quantitative estimate of drug-likeness (QED) is 0.464. The molecule has 2 nitrogen and oxygen atoms in total. The van der Waals surface area contributed by atoms with Crippen LogP contribution in [-0.2, 0) is 0 Å². The van der Waals surface area contributed by atoms with Crippen LogP contribution >= 0.6 is 0 Å². The second-order valence-corrected chi connectivity index (χ2v) is 1.79. The molecular formula is C8H12N2. The fourth-order valence-corrected chi connectivity index (χ4v) is 0.339. The maximum absolute atomic E-state index is 5.48. The van der Waals surface area contributed by atoms with Gasteiger partial charge in [0.25, 0.3) is 0 Å². The third-order valence-electron chi connectivity index (χ3n) is 1.03. The molecule has 0 amide bonds. The van der Waals surface area contributed by atoms with Gasteiger partial charge >= 0.3 is 0 Å². The van der Waals surface area contributed by atoms with E-state index in [0.717, 1.165) is 5.57 Å². The van der Waals surface area contributed by atoms with Crippen molar-refractivity contribution in [2.24, 2.45) is 10.7 Å². The fraction of sp³-hybridized carbons (Fsp3) is 0.125. The van der Waals surface area contributed by atoms with Crippen LogP contribution in [0.15, 0.2) is 41.7 Å². The molecule has 0 fully saturated rings. The maximum atomic E-state index is 5.48. The Hall–Kier alpha value is -1.31. The third kappa shape index (κ3) is 2.87.